The van der Waals surface area contributed by atoms with Gasteiger partial charge in [0.15, 0.2) is 11.5 Å². The molecule has 1 fully saturated rings. The van der Waals surface area contributed by atoms with Gasteiger partial charge in [-0.2, -0.15) is 13.2 Å². The maximum absolute atomic E-state index is 13.4. The highest BCUT2D eigenvalue weighted by Gasteiger charge is 2.34. The van der Waals surface area contributed by atoms with Crippen LogP contribution in [0.2, 0.25) is 0 Å². The molecule has 1 aromatic carbocycles. The van der Waals surface area contributed by atoms with Crippen LogP contribution in [0.25, 0.3) is 11.4 Å². The largest absolute Gasteiger partial charge is 0.433 e. The van der Waals surface area contributed by atoms with Crippen molar-refractivity contribution >= 4 is 5.82 Å². The van der Waals surface area contributed by atoms with E-state index in [-0.39, 0.29) is 23.6 Å². The number of hydrogen-bond acceptors (Lipinski definition) is 5. The Morgan fingerprint density at radius 1 is 0.968 bits per heavy atom. The van der Waals surface area contributed by atoms with E-state index in [9.17, 15) is 17.6 Å². The van der Waals surface area contributed by atoms with E-state index in [0.29, 0.717) is 38.1 Å². The second kappa shape index (κ2) is 8.97. The molecule has 0 radical (unpaired) electrons. The number of aromatic nitrogens is 3. The first-order valence-corrected chi connectivity index (χ1v) is 9.86. The van der Waals surface area contributed by atoms with Crippen LogP contribution in [0, 0.1) is 5.82 Å². The molecule has 0 aliphatic carbocycles. The van der Waals surface area contributed by atoms with Gasteiger partial charge >= 0.3 is 6.18 Å². The fraction of sp³-hybridized carbons (Fsp3) is 0.318. The molecule has 162 valence electrons. The first-order chi connectivity index (χ1) is 14.9. The standard InChI is InChI=1S/C22H20F4N4O/c23-17-3-1-15(2-4-17)14-31-18-7-11-30(12-8-18)20-13-19(22(24,25)26)28-21(29-20)16-5-9-27-10-6-16/h1-6,9-10,13,18H,7-8,11-12,14H2. The molecule has 3 aromatic rings. The normalized spacial score (nSPS) is 15.3. The summed E-state index contributed by atoms with van der Waals surface area (Å²) in [5.74, 6) is -0.0423. The van der Waals surface area contributed by atoms with Crippen LogP contribution in [-0.4, -0.2) is 34.1 Å². The van der Waals surface area contributed by atoms with E-state index >= 15 is 0 Å². The summed E-state index contributed by atoms with van der Waals surface area (Å²) >= 11 is 0. The van der Waals surface area contributed by atoms with Gasteiger partial charge in [0.05, 0.1) is 12.7 Å². The number of anilines is 1. The van der Waals surface area contributed by atoms with Gasteiger partial charge in [-0.25, -0.2) is 14.4 Å². The summed E-state index contributed by atoms with van der Waals surface area (Å²) < 4.78 is 59.1. The molecule has 4 rings (SSSR count). The fourth-order valence-corrected chi connectivity index (χ4v) is 3.42. The maximum atomic E-state index is 13.4. The predicted molar refractivity (Wildman–Crippen MR) is 107 cm³/mol. The van der Waals surface area contributed by atoms with Crippen LogP contribution in [-0.2, 0) is 17.5 Å². The lowest BCUT2D eigenvalue weighted by Crippen LogP contribution is -2.37. The van der Waals surface area contributed by atoms with E-state index in [1.807, 2.05) is 4.90 Å². The number of piperidine rings is 1. The maximum Gasteiger partial charge on any atom is 0.433 e. The fourth-order valence-electron chi connectivity index (χ4n) is 3.42. The molecule has 0 atom stereocenters. The van der Waals surface area contributed by atoms with Crippen molar-refractivity contribution in [3.8, 4) is 11.4 Å². The predicted octanol–water partition coefficient (Wildman–Crippen LogP) is 4.88. The van der Waals surface area contributed by atoms with E-state index < -0.39 is 11.9 Å². The van der Waals surface area contributed by atoms with E-state index in [1.165, 1.54) is 24.5 Å². The minimum absolute atomic E-state index is 0.0157. The summed E-state index contributed by atoms with van der Waals surface area (Å²) in [5.41, 5.74) is 0.371. The average Bonchev–Trinajstić information content (AvgIpc) is 2.79. The molecule has 1 saturated heterocycles. The Balaban J connectivity index is 1.45. The summed E-state index contributed by atoms with van der Waals surface area (Å²) in [6.45, 7) is 1.39. The number of pyridine rings is 1. The summed E-state index contributed by atoms with van der Waals surface area (Å²) in [6, 6.07) is 10.3. The van der Waals surface area contributed by atoms with Crippen LogP contribution in [0.4, 0.5) is 23.4 Å². The average molecular weight is 432 g/mol. The summed E-state index contributed by atoms with van der Waals surface area (Å²) in [7, 11) is 0. The van der Waals surface area contributed by atoms with Crippen LogP contribution in [0.1, 0.15) is 24.1 Å². The number of alkyl halides is 3. The Hall–Kier alpha value is -3.07. The van der Waals surface area contributed by atoms with Crippen molar-refractivity contribution in [3.05, 3.63) is 71.9 Å². The van der Waals surface area contributed by atoms with E-state index in [0.717, 1.165) is 11.6 Å². The summed E-state index contributed by atoms with van der Waals surface area (Å²) in [6.07, 6.45) is -0.319. The van der Waals surface area contributed by atoms with Crippen LogP contribution in [0.3, 0.4) is 0 Å². The Bertz CT molecular complexity index is 1000. The third-order valence-electron chi connectivity index (χ3n) is 5.11. The van der Waals surface area contributed by atoms with Crippen LogP contribution in [0.15, 0.2) is 54.9 Å². The topological polar surface area (TPSA) is 51.1 Å². The first kappa shape index (κ1) is 21.2. The van der Waals surface area contributed by atoms with Crippen molar-refractivity contribution in [3.63, 3.8) is 0 Å². The first-order valence-electron chi connectivity index (χ1n) is 9.86. The number of ether oxygens (including phenoxy) is 1. The number of hydrogen-bond donors (Lipinski definition) is 0. The van der Waals surface area contributed by atoms with Gasteiger partial charge in [0.2, 0.25) is 0 Å². The quantitative estimate of drug-likeness (QED) is 0.538. The minimum Gasteiger partial charge on any atom is -0.373 e. The van der Waals surface area contributed by atoms with E-state index in [4.69, 9.17) is 4.74 Å². The van der Waals surface area contributed by atoms with E-state index in [1.54, 1.807) is 24.3 Å². The van der Waals surface area contributed by atoms with Gasteiger partial charge in [0, 0.05) is 37.1 Å². The van der Waals surface area contributed by atoms with Crippen molar-refractivity contribution < 1.29 is 22.3 Å². The molecule has 9 heteroatoms. The lowest BCUT2D eigenvalue weighted by Gasteiger charge is -2.33. The van der Waals surface area contributed by atoms with Crippen molar-refractivity contribution in [2.45, 2.75) is 31.7 Å². The summed E-state index contributed by atoms with van der Waals surface area (Å²) in [4.78, 5) is 13.8. The van der Waals surface area contributed by atoms with Crippen molar-refractivity contribution in [1.82, 2.24) is 15.0 Å². The number of rotatable bonds is 5. The lowest BCUT2D eigenvalue weighted by atomic mass is 10.1. The highest BCUT2D eigenvalue weighted by Crippen LogP contribution is 2.32. The van der Waals surface area contributed by atoms with Gasteiger partial charge < -0.3 is 9.64 Å². The lowest BCUT2D eigenvalue weighted by molar-refractivity contribution is -0.141. The molecule has 0 unspecified atom stereocenters. The second-order valence-corrected chi connectivity index (χ2v) is 7.29. The third kappa shape index (κ3) is 5.35. The van der Waals surface area contributed by atoms with Gasteiger partial charge in [-0.15, -0.1) is 0 Å². The van der Waals surface area contributed by atoms with Gasteiger partial charge in [0.25, 0.3) is 0 Å². The van der Waals surface area contributed by atoms with Crippen LogP contribution < -0.4 is 4.90 Å². The smallest absolute Gasteiger partial charge is 0.373 e. The summed E-state index contributed by atoms with van der Waals surface area (Å²) in [5, 5.41) is 0. The van der Waals surface area contributed by atoms with E-state index in [2.05, 4.69) is 15.0 Å². The highest BCUT2D eigenvalue weighted by molar-refractivity contribution is 5.57. The monoisotopic (exact) mass is 432 g/mol. The highest BCUT2D eigenvalue weighted by atomic mass is 19.4. The van der Waals surface area contributed by atoms with Crippen molar-refractivity contribution in [1.29, 1.82) is 0 Å². The number of benzene rings is 1. The molecule has 3 heterocycles. The molecule has 1 aliphatic heterocycles. The molecule has 0 bridgehead atoms. The molecule has 0 spiro atoms. The van der Waals surface area contributed by atoms with Crippen molar-refractivity contribution in [2.75, 3.05) is 18.0 Å². The number of nitrogens with zero attached hydrogens (tertiary/aromatic N) is 4. The van der Waals surface area contributed by atoms with Gasteiger partial charge in [-0.3, -0.25) is 4.98 Å². The minimum atomic E-state index is -4.57. The van der Waals surface area contributed by atoms with Crippen molar-refractivity contribution in [2.24, 2.45) is 0 Å². The van der Waals surface area contributed by atoms with Crippen LogP contribution >= 0.6 is 0 Å². The zero-order valence-electron chi connectivity index (χ0n) is 16.5. The van der Waals surface area contributed by atoms with Gasteiger partial charge in [-0.1, -0.05) is 12.1 Å². The van der Waals surface area contributed by atoms with Crippen LogP contribution in [0.5, 0.6) is 0 Å². The molecule has 0 amide bonds. The zero-order valence-corrected chi connectivity index (χ0v) is 16.5. The molecular weight excluding hydrogens is 412 g/mol. The molecule has 5 nitrogen and oxygen atoms in total. The molecule has 31 heavy (non-hydrogen) atoms. The van der Waals surface area contributed by atoms with Gasteiger partial charge in [0.1, 0.15) is 11.6 Å². The SMILES string of the molecule is Fc1ccc(COC2CCN(c3cc(C(F)(F)F)nc(-c4ccncc4)n3)CC2)cc1. The molecule has 1 aliphatic rings. The number of halogens is 4. The molecule has 2 aromatic heterocycles. The molecule has 0 N–H and O–H groups in total. The Morgan fingerprint density at radius 3 is 2.29 bits per heavy atom. The second-order valence-electron chi connectivity index (χ2n) is 7.29. The third-order valence-corrected chi connectivity index (χ3v) is 5.11. The molecule has 0 saturated carbocycles. The Morgan fingerprint density at radius 2 is 1.65 bits per heavy atom. The molecular formula is C22H20F4N4O. The Labute approximate surface area is 176 Å². The van der Waals surface area contributed by atoms with Gasteiger partial charge in [-0.05, 0) is 42.7 Å². The zero-order chi connectivity index (χ0) is 21.8. The Kier molecular flexibility index (Phi) is 6.13.